The maximum atomic E-state index is 4.96. The Morgan fingerprint density at radius 2 is 2.13 bits per heavy atom. The number of hydrogen-bond acceptors (Lipinski definition) is 4. The van der Waals surface area contributed by atoms with Gasteiger partial charge in [0.1, 0.15) is 0 Å². The summed E-state index contributed by atoms with van der Waals surface area (Å²) in [5, 5.41) is 6.88. The minimum absolute atomic E-state index is 0.0766. The molecule has 1 aromatic heterocycles. The van der Waals surface area contributed by atoms with Crippen molar-refractivity contribution in [1.29, 1.82) is 0 Å². The van der Waals surface area contributed by atoms with Crippen LogP contribution in [0.15, 0.2) is 41.2 Å². The molecule has 15 heavy (non-hydrogen) atoms. The molecule has 0 saturated carbocycles. The molecule has 0 aliphatic heterocycles. The number of hydrogen-bond donors (Lipinski definition) is 1. The van der Waals surface area contributed by atoms with Crippen LogP contribution in [0.5, 0.6) is 0 Å². The molecule has 0 aliphatic carbocycles. The number of rotatable bonds is 4. The smallest absolute Gasteiger partial charge is 0.243 e. The SMILES string of the molecule is CC(NCc1ccccc1)c1ncno1. The van der Waals surface area contributed by atoms with Crippen LogP contribution in [-0.2, 0) is 6.54 Å². The van der Waals surface area contributed by atoms with Gasteiger partial charge in [0, 0.05) is 6.54 Å². The molecule has 0 aliphatic rings. The van der Waals surface area contributed by atoms with Crippen LogP contribution < -0.4 is 5.32 Å². The van der Waals surface area contributed by atoms with Gasteiger partial charge in [0.25, 0.3) is 0 Å². The number of aromatic nitrogens is 2. The first-order chi connectivity index (χ1) is 7.36. The molecule has 0 saturated heterocycles. The van der Waals surface area contributed by atoms with E-state index in [0.29, 0.717) is 5.89 Å². The van der Waals surface area contributed by atoms with Gasteiger partial charge in [-0.15, -0.1) is 0 Å². The Morgan fingerprint density at radius 1 is 1.33 bits per heavy atom. The first-order valence-electron chi connectivity index (χ1n) is 4.90. The van der Waals surface area contributed by atoms with Crippen molar-refractivity contribution in [3.05, 3.63) is 48.1 Å². The molecule has 78 valence electrons. The van der Waals surface area contributed by atoms with E-state index in [4.69, 9.17) is 4.52 Å². The normalized spacial score (nSPS) is 12.6. The molecule has 0 spiro atoms. The summed E-state index contributed by atoms with van der Waals surface area (Å²) in [4.78, 5) is 3.99. The van der Waals surface area contributed by atoms with Crippen molar-refractivity contribution in [2.45, 2.75) is 19.5 Å². The Bertz CT molecular complexity index is 385. The van der Waals surface area contributed by atoms with Gasteiger partial charge in [-0.05, 0) is 12.5 Å². The van der Waals surface area contributed by atoms with Crippen molar-refractivity contribution in [2.24, 2.45) is 0 Å². The fourth-order valence-electron chi connectivity index (χ4n) is 1.33. The lowest BCUT2D eigenvalue weighted by Gasteiger charge is -2.08. The van der Waals surface area contributed by atoms with E-state index in [1.54, 1.807) is 0 Å². The standard InChI is InChI=1S/C11H13N3O/c1-9(11-13-8-14-15-11)12-7-10-5-3-2-4-6-10/h2-6,8-9,12H,7H2,1H3. The summed E-state index contributed by atoms with van der Waals surface area (Å²) in [6.07, 6.45) is 1.41. The fraction of sp³-hybridized carbons (Fsp3) is 0.273. The van der Waals surface area contributed by atoms with Gasteiger partial charge >= 0.3 is 0 Å². The van der Waals surface area contributed by atoms with E-state index in [0.717, 1.165) is 6.54 Å². The maximum Gasteiger partial charge on any atom is 0.243 e. The van der Waals surface area contributed by atoms with Crippen LogP contribution in [0.2, 0.25) is 0 Å². The number of nitrogens with zero attached hydrogens (tertiary/aromatic N) is 2. The van der Waals surface area contributed by atoms with E-state index >= 15 is 0 Å². The van der Waals surface area contributed by atoms with E-state index in [9.17, 15) is 0 Å². The van der Waals surface area contributed by atoms with Crippen molar-refractivity contribution >= 4 is 0 Å². The summed E-state index contributed by atoms with van der Waals surface area (Å²) >= 11 is 0. The Balaban J connectivity index is 1.89. The van der Waals surface area contributed by atoms with E-state index in [-0.39, 0.29) is 6.04 Å². The zero-order valence-corrected chi connectivity index (χ0v) is 8.55. The average Bonchev–Trinajstić information content (AvgIpc) is 2.81. The maximum absolute atomic E-state index is 4.96. The molecule has 0 bridgehead atoms. The number of nitrogens with one attached hydrogen (secondary N) is 1. The van der Waals surface area contributed by atoms with Gasteiger partial charge in [-0.3, -0.25) is 0 Å². The third kappa shape index (κ3) is 2.63. The molecule has 0 amide bonds. The minimum Gasteiger partial charge on any atom is -0.338 e. The number of benzene rings is 1. The quantitative estimate of drug-likeness (QED) is 0.824. The highest BCUT2D eigenvalue weighted by molar-refractivity contribution is 5.14. The molecular weight excluding hydrogens is 190 g/mol. The molecule has 1 aromatic carbocycles. The lowest BCUT2D eigenvalue weighted by atomic mass is 10.2. The second kappa shape index (κ2) is 4.70. The molecule has 0 fully saturated rings. The molecule has 2 aromatic rings. The van der Waals surface area contributed by atoms with Crippen LogP contribution >= 0.6 is 0 Å². The van der Waals surface area contributed by atoms with E-state index in [1.807, 2.05) is 25.1 Å². The summed E-state index contributed by atoms with van der Waals surface area (Å²) in [7, 11) is 0. The largest absolute Gasteiger partial charge is 0.338 e. The minimum atomic E-state index is 0.0766. The van der Waals surface area contributed by atoms with Crippen LogP contribution in [-0.4, -0.2) is 10.1 Å². The lowest BCUT2D eigenvalue weighted by Crippen LogP contribution is -2.18. The van der Waals surface area contributed by atoms with Gasteiger partial charge < -0.3 is 9.84 Å². The van der Waals surface area contributed by atoms with Crippen LogP contribution in [0, 0.1) is 0 Å². The summed E-state index contributed by atoms with van der Waals surface area (Å²) in [5.41, 5.74) is 1.24. The van der Waals surface area contributed by atoms with Gasteiger partial charge in [-0.25, -0.2) is 0 Å². The highest BCUT2D eigenvalue weighted by atomic mass is 16.5. The molecule has 2 rings (SSSR count). The Kier molecular flexibility index (Phi) is 3.09. The predicted octanol–water partition coefficient (Wildman–Crippen LogP) is 1.92. The van der Waals surface area contributed by atoms with Gasteiger partial charge in [0.15, 0.2) is 6.33 Å². The Hall–Kier alpha value is -1.68. The van der Waals surface area contributed by atoms with E-state index in [1.165, 1.54) is 11.9 Å². The van der Waals surface area contributed by atoms with Crippen molar-refractivity contribution < 1.29 is 4.52 Å². The Labute approximate surface area is 88.3 Å². The first-order valence-corrected chi connectivity index (χ1v) is 4.90. The van der Waals surface area contributed by atoms with Crippen molar-refractivity contribution in [3.8, 4) is 0 Å². The Morgan fingerprint density at radius 3 is 2.80 bits per heavy atom. The molecule has 1 atom stereocenters. The monoisotopic (exact) mass is 203 g/mol. The topological polar surface area (TPSA) is 51.0 Å². The summed E-state index contributed by atoms with van der Waals surface area (Å²) in [6.45, 7) is 2.79. The third-order valence-corrected chi connectivity index (χ3v) is 2.20. The van der Waals surface area contributed by atoms with E-state index < -0.39 is 0 Å². The van der Waals surface area contributed by atoms with Crippen molar-refractivity contribution in [3.63, 3.8) is 0 Å². The molecular formula is C11H13N3O. The summed E-state index contributed by atoms with van der Waals surface area (Å²) < 4.78 is 4.96. The van der Waals surface area contributed by atoms with Gasteiger partial charge in [-0.2, -0.15) is 4.98 Å². The van der Waals surface area contributed by atoms with E-state index in [2.05, 4.69) is 27.6 Å². The van der Waals surface area contributed by atoms with Crippen LogP contribution in [0.1, 0.15) is 24.4 Å². The van der Waals surface area contributed by atoms with Crippen LogP contribution in [0.25, 0.3) is 0 Å². The molecule has 0 radical (unpaired) electrons. The summed E-state index contributed by atoms with van der Waals surface area (Å²) in [6, 6.07) is 10.3. The van der Waals surface area contributed by atoms with Gasteiger partial charge in [0.05, 0.1) is 6.04 Å². The molecule has 4 nitrogen and oxygen atoms in total. The highest BCUT2D eigenvalue weighted by Gasteiger charge is 2.09. The third-order valence-electron chi connectivity index (χ3n) is 2.20. The van der Waals surface area contributed by atoms with Crippen LogP contribution in [0.4, 0.5) is 0 Å². The first kappa shape index (κ1) is 9.86. The zero-order valence-electron chi connectivity index (χ0n) is 8.55. The zero-order chi connectivity index (χ0) is 10.5. The summed E-state index contributed by atoms with van der Waals surface area (Å²) in [5.74, 6) is 0.617. The second-order valence-corrected chi connectivity index (χ2v) is 3.37. The average molecular weight is 203 g/mol. The second-order valence-electron chi connectivity index (χ2n) is 3.37. The van der Waals surface area contributed by atoms with Gasteiger partial charge in [-0.1, -0.05) is 35.5 Å². The predicted molar refractivity (Wildman–Crippen MR) is 56.0 cm³/mol. The molecule has 1 N–H and O–H groups in total. The highest BCUT2D eigenvalue weighted by Crippen LogP contribution is 2.08. The van der Waals surface area contributed by atoms with Crippen molar-refractivity contribution in [2.75, 3.05) is 0 Å². The molecule has 4 heteroatoms. The fourth-order valence-corrected chi connectivity index (χ4v) is 1.33. The van der Waals surface area contributed by atoms with Crippen molar-refractivity contribution in [1.82, 2.24) is 15.5 Å². The molecule has 1 unspecified atom stereocenters. The lowest BCUT2D eigenvalue weighted by molar-refractivity contribution is 0.338. The molecule has 1 heterocycles. The van der Waals surface area contributed by atoms with Crippen LogP contribution in [0.3, 0.4) is 0 Å². The van der Waals surface area contributed by atoms with Gasteiger partial charge in [0.2, 0.25) is 5.89 Å².